The van der Waals surface area contributed by atoms with Crippen LogP contribution in [0.3, 0.4) is 0 Å². The van der Waals surface area contributed by atoms with Gasteiger partial charge in [-0.15, -0.1) is 0 Å². The third-order valence-corrected chi connectivity index (χ3v) is 3.95. The summed E-state index contributed by atoms with van der Waals surface area (Å²) in [5.74, 6) is 2.42. The largest absolute Gasteiger partial charge is 0.458 e. The van der Waals surface area contributed by atoms with Crippen molar-refractivity contribution in [1.82, 2.24) is 0 Å². The lowest BCUT2D eigenvalue weighted by Gasteiger charge is -2.25. The first-order chi connectivity index (χ1) is 8.34. The van der Waals surface area contributed by atoms with Crippen LogP contribution in [0.25, 0.3) is 11.0 Å². The van der Waals surface area contributed by atoms with E-state index < -0.39 is 6.10 Å². The number of hydrogen-bond acceptors (Lipinski definition) is 4. The zero-order chi connectivity index (χ0) is 11.7. The Kier molecular flexibility index (Phi) is 3.09. The second-order valence-corrected chi connectivity index (χ2v) is 5.27. The summed E-state index contributed by atoms with van der Waals surface area (Å²) in [5, 5.41) is 11.2. The van der Waals surface area contributed by atoms with E-state index in [4.69, 9.17) is 9.15 Å². The number of hydrogen-bond donors (Lipinski definition) is 1. The molecule has 3 rings (SSSR count). The van der Waals surface area contributed by atoms with E-state index in [1.54, 1.807) is 11.8 Å². The second-order valence-electron chi connectivity index (χ2n) is 4.12. The van der Waals surface area contributed by atoms with Crippen LogP contribution < -0.4 is 0 Å². The van der Waals surface area contributed by atoms with Gasteiger partial charge < -0.3 is 14.3 Å². The van der Waals surface area contributed by atoms with Crippen LogP contribution in [0.4, 0.5) is 0 Å². The van der Waals surface area contributed by atoms with Crippen molar-refractivity contribution in [3.8, 4) is 0 Å². The minimum atomic E-state index is -0.671. The molecule has 1 aliphatic rings. The smallest absolute Gasteiger partial charge is 0.138 e. The predicted molar refractivity (Wildman–Crippen MR) is 68.2 cm³/mol. The summed E-state index contributed by atoms with van der Waals surface area (Å²) in [6.07, 6.45) is -0.829. The van der Waals surface area contributed by atoms with E-state index in [-0.39, 0.29) is 6.10 Å². The van der Waals surface area contributed by atoms with Gasteiger partial charge in [-0.3, -0.25) is 0 Å². The first kappa shape index (κ1) is 11.1. The Morgan fingerprint density at radius 1 is 1.35 bits per heavy atom. The van der Waals surface area contributed by atoms with Crippen LogP contribution in [0.2, 0.25) is 0 Å². The predicted octanol–water partition coefficient (Wildman–Crippen LogP) is 2.60. The Labute approximate surface area is 104 Å². The highest BCUT2D eigenvalue weighted by molar-refractivity contribution is 7.99. The maximum atomic E-state index is 10.2. The summed E-state index contributed by atoms with van der Waals surface area (Å²) in [7, 11) is 0. The quantitative estimate of drug-likeness (QED) is 0.889. The summed E-state index contributed by atoms with van der Waals surface area (Å²) in [4.78, 5) is 0. The van der Waals surface area contributed by atoms with Crippen molar-refractivity contribution in [3.63, 3.8) is 0 Å². The van der Waals surface area contributed by atoms with Crippen LogP contribution in [-0.2, 0) is 4.74 Å². The average molecular weight is 250 g/mol. The number of thioether (sulfide) groups is 1. The third-order valence-electron chi connectivity index (χ3n) is 2.93. The Bertz CT molecular complexity index is 469. The van der Waals surface area contributed by atoms with Crippen molar-refractivity contribution in [1.29, 1.82) is 0 Å². The summed E-state index contributed by atoms with van der Waals surface area (Å²) in [6.45, 7) is 0.701. The highest BCUT2D eigenvalue weighted by atomic mass is 32.2. The summed E-state index contributed by atoms with van der Waals surface area (Å²) < 4.78 is 11.2. The Balaban J connectivity index is 1.86. The fourth-order valence-corrected chi connectivity index (χ4v) is 2.91. The number of aliphatic hydroxyl groups excluding tert-OH is 1. The minimum absolute atomic E-state index is 0.158. The molecule has 1 aromatic heterocycles. The number of furan rings is 1. The van der Waals surface area contributed by atoms with E-state index in [1.807, 2.05) is 30.3 Å². The monoisotopic (exact) mass is 250 g/mol. The number of ether oxygens (including phenoxy) is 1. The molecule has 0 bridgehead atoms. The van der Waals surface area contributed by atoms with Gasteiger partial charge in [-0.2, -0.15) is 11.8 Å². The topological polar surface area (TPSA) is 42.6 Å². The summed E-state index contributed by atoms with van der Waals surface area (Å²) in [5.41, 5.74) is 0.810. The van der Waals surface area contributed by atoms with Gasteiger partial charge in [0.25, 0.3) is 0 Å². The van der Waals surface area contributed by atoms with E-state index in [9.17, 15) is 5.11 Å². The van der Waals surface area contributed by atoms with Gasteiger partial charge in [-0.05, 0) is 12.1 Å². The van der Waals surface area contributed by atoms with Gasteiger partial charge in [-0.25, -0.2) is 0 Å². The molecular weight excluding hydrogens is 236 g/mol. The van der Waals surface area contributed by atoms with Gasteiger partial charge in [0.15, 0.2) is 0 Å². The van der Waals surface area contributed by atoms with Crippen LogP contribution in [0.15, 0.2) is 34.7 Å². The van der Waals surface area contributed by atoms with E-state index in [0.29, 0.717) is 12.4 Å². The van der Waals surface area contributed by atoms with Crippen LogP contribution >= 0.6 is 11.8 Å². The maximum absolute atomic E-state index is 10.2. The molecule has 1 saturated heterocycles. The Morgan fingerprint density at radius 3 is 3.00 bits per heavy atom. The average Bonchev–Trinajstić information content (AvgIpc) is 2.82. The lowest BCUT2D eigenvalue weighted by Crippen LogP contribution is -2.29. The van der Waals surface area contributed by atoms with Crippen LogP contribution in [-0.4, -0.2) is 29.3 Å². The minimum Gasteiger partial charge on any atom is -0.458 e. The van der Waals surface area contributed by atoms with Gasteiger partial charge in [0.1, 0.15) is 17.4 Å². The number of rotatable bonds is 2. The fraction of sp³-hybridized carbons (Fsp3) is 0.385. The highest BCUT2D eigenvalue weighted by Crippen LogP contribution is 2.29. The molecule has 4 heteroatoms. The lowest BCUT2D eigenvalue weighted by atomic mass is 10.1. The standard InChI is InChI=1S/C13H14O3S/c14-13(12-8-17-6-5-15-12)11-7-9-3-1-2-4-10(9)16-11/h1-4,7,12-14H,5-6,8H2. The maximum Gasteiger partial charge on any atom is 0.138 e. The first-order valence-corrected chi connectivity index (χ1v) is 6.86. The van der Waals surface area contributed by atoms with E-state index >= 15 is 0 Å². The van der Waals surface area contributed by atoms with Crippen LogP contribution in [0, 0.1) is 0 Å². The first-order valence-electron chi connectivity index (χ1n) is 5.70. The Hall–Kier alpha value is -0.970. The van der Waals surface area contributed by atoms with Gasteiger partial charge >= 0.3 is 0 Å². The molecule has 2 unspecified atom stereocenters. The van der Waals surface area contributed by atoms with Crippen molar-refractivity contribution < 1.29 is 14.3 Å². The van der Waals surface area contributed by atoms with E-state index in [0.717, 1.165) is 22.5 Å². The number of fused-ring (bicyclic) bond motifs is 1. The van der Waals surface area contributed by atoms with Crippen LogP contribution in [0.5, 0.6) is 0 Å². The number of benzene rings is 1. The normalized spacial score (nSPS) is 22.8. The lowest BCUT2D eigenvalue weighted by molar-refractivity contribution is -0.0311. The molecule has 0 spiro atoms. The fourth-order valence-electron chi connectivity index (χ4n) is 2.02. The third kappa shape index (κ3) is 2.20. The van der Waals surface area contributed by atoms with Crippen molar-refractivity contribution >= 4 is 22.7 Å². The number of para-hydroxylation sites is 1. The molecule has 0 saturated carbocycles. The van der Waals surface area contributed by atoms with Crippen molar-refractivity contribution in [2.45, 2.75) is 12.2 Å². The Morgan fingerprint density at radius 2 is 2.24 bits per heavy atom. The van der Waals surface area contributed by atoms with Gasteiger partial charge in [0.05, 0.1) is 12.7 Å². The molecule has 2 heterocycles. The van der Waals surface area contributed by atoms with Gasteiger partial charge in [0.2, 0.25) is 0 Å². The molecule has 1 aromatic carbocycles. The molecule has 3 nitrogen and oxygen atoms in total. The van der Waals surface area contributed by atoms with Crippen LogP contribution in [0.1, 0.15) is 11.9 Å². The van der Waals surface area contributed by atoms with Crippen molar-refractivity contribution in [3.05, 3.63) is 36.1 Å². The van der Waals surface area contributed by atoms with Crippen molar-refractivity contribution in [2.75, 3.05) is 18.1 Å². The SMILES string of the molecule is OC(c1cc2ccccc2o1)C1CSCCO1. The molecule has 2 aromatic rings. The molecular formula is C13H14O3S. The molecule has 0 amide bonds. The highest BCUT2D eigenvalue weighted by Gasteiger charge is 2.26. The molecule has 0 radical (unpaired) electrons. The summed E-state index contributed by atoms with van der Waals surface area (Å²) >= 11 is 1.81. The molecule has 0 aliphatic carbocycles. The molecule has 1 fully saturated rings. The van der Waals surface area contributed by atoms with Gasteiger partial charge in [0, 0.05) is 16.9 Å². The van der Waals surface area contributed by atoms with Gasteiger partial charge in [-0.1, -0.05) is 18.2 Å². The summed E-state index contributed by atoms with van der Waals surface area (Å²) in [6, 6.07) is 9.66. The van der Waals surface area contributed by atoms with E-state index in [1.165, 1.54) is 0 Å². The zero-order valence-electron chi connectivity index (χ0n) is 9.33. The molecule has 17 heavy (non-hydrogen) atoms. The molecule has 2 atom stereocenters. The van der Waals surface area contributed by atoms with E-state index in [2.05, 4.69) is 0 Å². The van der Waals surface area contributed by atoms with Crippen molar-refractivity contribution in [2.24, 2.45) is 0 Å². The molecule has 1 N–H and O–H groups in total. The molecule has 90 valence electrons. The number of aliphatic hydroxyl groups is 1. The zero-order valence-corrected chi connectivity index (χ0v) is 10.2. The molecule has 1 aliphatic heterocycles. The second kappa shape index (κ2) is 4.72.